The molecule has 0 unspecified atom stereocenters. The monoisotopic (exact) mass is 437 g/mol. The summed E-state index contributed by atoms with van der Waals surface area (Å²) >= 11 is 0. The van der Waals surface area contributed by atoms with Gasteiger partial charge in [0.05, 0.1) is 6.61 Å². The third kappa shape index (κ3) is 5.26. The first-order valence-electron chi connectivity index (χ1n) is 10.6. The van der Waals surface area contributed by atoms with E-state index in [1.165, 1.54) is 12.3 Å². The quantitative estimate of drug-likeness (QED) is 0.497. The van der Waals surface area contributed by atoms with Gasteiger partial charge in [0.1, 0.15) is 11.3 Å². The number of carbonyl (C=O) groups is 2. The van der Waals surface area contributed by atoms with E-state index in [1.54, 1.807) is 25.1 Å². The molecule has 2 N–H and O–H groups in total. The zero-order valence-electron chi connectivity index (χ0n) is 18.4. The lowest BCUT2D eigenvalue weighted by atomic mass is 10.1. The molecule has 0 radical (unpaired) electrons. The Morgan fingerprint density at radius 3 is 2.56 bits per heavy atom. The number of H-pyrrole nitrogens is 1. The summed E-state index contributed by atoms with van der Waals surface area (Å²) in [6.07, 6.45) is 1.33. The lowest BCUT2D eigenvalue weighted by molar-refractivity contribution is -0.118. The van der Waals surface area contributed by atoms with E-state index in [2.05, 4.69) is 29.0 Å². The Balaban J connectivity index is 1.70. The van der Waals surface area contributed by atoms with Crippen LogP contribution < -0.4 is 20.4 Å². The number of hydrogen-bond donors (Lipinski definition) is 2. The third-order valence-corrected chi connectivity index (χ3v) is 4.98. The molecule has 1 heterocycles. The number of nitrogens with one attached hydrogen (secondary N) is 2. The van der Waals surface area contributed by atoms with Crippen LogP contribution in [0.15, 0.2) is 53.5 Å². The molecule has 8 heteroatoms. The number of aromatic amines is 1. The van der Waals surface area contributed by atoms with Gasteiger partial charge in [-0.05, 0) is 51.1 Å². The van der Waals surface area contributed by atoms with Crippen LogP contribution in [0.25, 0.3) is 10.9 Å². The Morgan fingerprint density at radius 2 is 1.84 bits per heavy atom. The van der Waals surface area contributed by atoms with E-state index in [1.807, 2.05) is 18.2 Å². The zero-order valence-corrected chi connectivity index (χ0v) is 18.4. The number of anilines is 2. The molecule has 0 bridgehead atoms. The Labute approximate surface area is 186 Å². The summed E-state index contributed by atoms with van der Waals surface area (Å²) < 4.78 is 10.6. The van der Waals surface area contributed by atoms with E-state index in [0.29, 0.717) is 17.0 Å². The van der Waals surface area contributed by atoms with Crippen molar-refractivity contribution in [3.05, 3.63) is 64.4 Å². The van der Waals surface area contributed by atoms with Crippen LogP contribution in [0.2, 0.25) is 0 Å². The molecule has 0 aliphatic carbocycles. The molecule has 2 aromatic carbocycles. The second-order valence-corrected chi connectivity index (χ2v) is 7.02. The zero-order chi connectivity index (χ0) is 23.1. The van der Waals surface area contributed by atoms with E-state index in [4.69, 9.17) is 9.47 Å². The SMILES string of the molecule is CCOC(=O)c1c[nH]c2ccc(NC(=O)COc3cccc(N(CC)CC)c3)cc2c1=O. The van der Waals surface area contributed by atoms with Gasteiger partial charge in [-0.25, -0.2) is 4.79 Å². The normalized spacial score (nSPS) is 10.6. The molecular formula is C24H27N3O5. The number of aromatic nitrogens is 1. The molecule has 1 aromatic heterocycles. The van der Waals surface area contributed by atoms with Gasteiger partial charge in [0.25, 0.3) is 5.91 Å². The van der Waals surface area contributed by atoms with Crippen molar-refractivity contribution < 1.29 is 19.1 Å². The van der Waals surface area contributed by atoms with Crippen LogP contribution in [-0.2, 0) is 9.53 Å². The highest BCUT2D eigenvalue weighted by Gasteiger charge is 2.15. The number of amides is 1. The topological polar surface area (TPSA) is 101 Å². The van der Waals surface area contributed by atoms with Crippen LogP contribution in [0.3, 0.4) is 0 Å². The molecular weight excluding hydrogens is 410 g/mol. The predicted octanol–water partition coefficient (Wildman–Crippen LogP) is 3.57. The molecule has 0 aliphatic rings. The number of hydrogen-bond acceptors (Lipinski definition) is 6. The summed E-state index contributed by atoms with van der Waals surface area (Å²) in [6.45, 7) is 7.56. The van der Waals surface area contributed by atoms with Crippen molar-refractivity contribution in [2.24, 2.45) is 0 Å². The molecule has 3 rings (SSSR count). The summed E-state index contributed by atoms with van der Waals surface area (Å²) in [7, 11) is 0. The van der Waals surface area contributed by atoms with Gasteiger partial charge in [-0.15, -0.1) is 0 Å². The van der Waals surface area contributed by atoms with Crippen molar-refractivity contribution in [2.45, 2.75) is 20.8 Å². The molecule has 0 atom stereocenters. The maximum absolute atomic E-state index is 12.7. The fraction of sp³-hybridized carbons (Fsp3) is 0.292. The van der Waals surface area contributed by atoms with Gasteiger partial charge in [-0.1, -0.05) is 6.07 Å². The first-order chi connectivity index (χ1) is 15.5. The number of benzene rings is 2. The maximum atomic E-state index is 12.7. The Hall–Kier alpha value is -3.81. The summed E-state index contributed by atoms with van der Waals surface area (Å²) in [5, 5.41) is 3.00. The van der Waals surface area contributed by atoms with Gasteiger partial charge >= 0.3 is 5.97 Å². The number of esters is 1. The van der Waals surface area contributed by atoms with Gasteiger partial charge < -0.3 is 24.7 Å². The summed E-state index contributed by atoms with van der Waals surface area (Å²) in [4.78, 5) is 42.1. The highest BCUT2D eigenvalue weighted by atomic mass is 16.5. The molecule has 0 spiro atoms. The average molecular weight is 437 g/mol. The van der Waals surface area contributed by atoms with Crippen molar-refractivity contribution in [3.63, 3.8) is 0 Å². The summed E-state index contributed by atoms with van der Waals surface area (Å²) in [5.74, 6) is -0.459. The first-order valence-corrected chi connectivity index (χ1v) is 10.6. The number of nitrogens with zero attached hydrogens (tertiary/aromatic N) is 1. The maximum Gasteiger partial charge on any atom is 0.343 e. The lowest BCUT2D eigenvalue weighted by Gasteiger charge is -2.21. The molecule has 1 amide bonds. The van der Waals surface area contributed by atoms with Crippen LogP contribution in [0.1, 0.15) is 31.1 Å². The highest BCUT2D eigenvalue weighted by Crippen LogP contribution is 2.21. The molecule has 168 valence electrons. The minimum atomic E-state index is -0.689. The second kappa shape index (κ2) is 10.5. The molecule has 0 fully saturated rings. The van der Waals surface area contributed by atoms with Crippen LogP contribution in [0.4, 0.5) is 11.4 Å². The van der Waals surface area contributed by atoms with E-state index < -0.39 is 11.4 Å². The summed E-state index contributed by atoms with van der Waals surface area (Å²) in [6, 6.07) is 12.4. The van der Waals surface area contributed by atoms with Crippen molar-refractivity contribution >= 4 is 34.2 Å². The smallest absolute Gasteiger partial charge is 0.343 e. The van der Waals surface area contributed by atoms with Crippen molar-refractivity contribution in [1.82, 2.24) is 4.98 Å². The molecule has 32 heavy (non-hydrogen) atoms. The van der Waals surface area contributed by atoms with Gasteiger partial charge in [-0.3, -0.25) is 9.59 Å². The van der Waals surface area contributed by atoms with Crippen LogP contribution >= 0.6 is 0 Å². The number of rotatable bonds is 9. The van der Waals surface area contributed by atoms with Crippen molar-refractivity contribution in [2.75, 3.05) is 36.5 Å². The van der Waals surface area contributed by atoms with E-state index in [-0.39, 0.29) is 30.1 Å². The van der Waals surface area contributed by atoms with E-state index in [9.17, 15) is 14.4 Å². The highest BCUT2D eigenvalue weighted by molar-refractivity contribution is 5.97. The molecule has 3 aromatic rings. The molecule has 0 saturated heterocycles. The lowest BCUT2D eigenvalue weighted by Crippen LogP contribution is -2.22. The van der Waals surface area contributed by atoms with Gasteiger partial charge in [-0.2, -0.15) is 0 Å². The Bertz CT molecular complexity index is 1170. The minimum absolute atomic E-state index is 0.0840. The Morgan fingerprint density at radius 1 is 1.06 bits per heavy atom. The first kappa shape index (κ1) is 22.9. The molecule has 0 aliphatic heterocycles. The fourth-order valence-electron chi connectivity index (χ4n) is 3.36. The van der Waals surface area contributed by atoms with E-state index >= 15 is 0 Å². The Kier molecular flexibility index (Phi) is 7.49. The second-order valence-electron chi connectivity index (χ2n) is 7.02. The number of fused-ring (bicyclic) bond motifs is 1. The van der Waals surface area contributed by atoms with Crippen LogP contribution in [0.5, 0.6) is 5.75 Å². The van der Waals surface area contributed by atoms with E-state index in [0.717, 1.165) is 18.8 Å². The van der Waals surface area contributed by atoms with Crippen LogP contribution in [-0.4, -0.2) is 43.2 Å². The van der Waals surface area contributed by atoms with Crippen molar-refractivity contribution in [1.29, 1.82) is 0 Å². The summed E-state index contributed by atoms with van der Waals surface area (Å²) in [5.41, 5.74) is 1.45. The standard InChI is InChI=1S/C24H27N3O5/c1-4-27(5-2)17-8-7-9-18(13-17)32-15-22(28)26-16-10-11-21-19(12-16)23(29)20(14-25-21)24(30)31-6-3/h7-14H,4-6,15H2,1-3H3,(H,25,29)(H,26,28). The van der Waals surface area contributed by atoms with Gasteiger partial charge in [0.2, 0.25) is 5.43 Å². The predicted molar refractivity (Wildman–Crippen MR) is 125 cm³/mol. The van der Waals surface area contributed by atoms with Gasteiger partial charge in [0, 0.05) is 47.6 Å². The number of ether oxygens (including phenoxy) is 2. The third-order valence-electron chi connectivity index (χ3n) is 4.98. The number of pyridine rings is 1. The minimum Gasteiger partial charge on any atom is -0.484 e. The molecule has 8 nitrogen and oxygen atoms in total. The number of carbonyl (C=O) groups excluding carboxylic acids is 2. The van der Waals surface area contributed by atoms with Crippen LogP contribution in [0, 0.1) is 0 Å². The van der Waals surface area contributed by atoms with Crippen molar-refractivity contribution in [3.8, 4) is 5.75 Å². The average Bonchev–Trinajstić information content (AvgIpc) is 2.79. The molecule has 0 saturated carbocycles. The fourth-order valence-corrected chi connectivity index (χ4v) is 3.36. The van der Waals surface area contributed by atoms with Gasteiger partial charge in [0.15, 0.2) is 6.61 Å². The largest absolute Gasteiger partial charge is 0.484 e.